The molecule has 2 amide bonds. The summed E-state index contributed by atoms with van der Waals surface area (Å²) in [5.74, 6) is 0.177. The molecule has 0 unspecified atom stereocenters. The number of nitrogens with zero attached hydrogens (tertiary/aromatic N) is 3. The SMILES string of the molecule is Nc1nc(CCC(=O)N2CC[C@@]3(CCCN(CCO)C3=O)C2)cs1. The normalized spacial score (nSPS) is 24.1. The number of β-amino-alcohol motifs (C(OH)–C–C–N with tert-alkyl or cyclic N) is 1. The summed E-state index contributed by atoms with van der Waals surface area (Å²) in [5.41, 5.74) is 6.02. The fraction of sp³-hybridized carbons (Fsp3) is 0.688. The highest BCUT2D eigenvalue weighted by Gasteiger charge is 2.49. The Bertz CT molecular complexity index is 618. The van der Waals surface area contributed by atoms with E-state index in [9.17, 15) is 9.59 Å². The van der Waals surface area contributed by atoms with Crippen LogP contribution < -0.4 is 5.73 Å². The Morgan fingerprint density at radius 2 is 2.25 bits per heavy atom. The van der Waals surface area contributed by atoms with Crippen molar-refractivity contribution in [1.29, 1.82) is 0 Å². The number of nitrogen functional groups attached to an aromatic ring is 1. The molecule has 0 saturated carbocycles. The maximum atomic E-state index is 12.7. The van der Waals surface area contributed by atoms with Crippen molar-refractivity contribution in [2.24, 2.45) is 5.41 Å². The fourth-order valence-corrected chi connectivity index (χ4v) is 4.38. The average Bonchev–Trinajstić information content (AvgIpc) is 3.17. The van der Waals surface area contributed by atoms with E-state index >= 15 is 0 Å². The van der Waals surface area contributed by atoms with Gasteiger partial charge in [-0.15, -0.1) is 11.3 Å². The van der Waals surface area contributed by atoms with Gasteiger partial charge in [-0.2, -0.15) is 0 Å². The molecular weight excluding hydrogens is 328 g/mol. The number of aliphatic hydroxyl groups excluding tert-OH is 1. The summed E-state index contributed by atoms with van der Waals surface area (Å²) < 4.78 is 0. The first-order chi connectivity index (χ1) is 11.5. The van der Waals surface area contributed by atoms with Crippen molar-refractivity contribution in [2.75, 3.05) is 38.5 Å². The van der Waals surface area contributed by atoms with E-state index in [2.05, 4.69) is 4.98 Å². The van der Waals surface area contributed by atoms with Crippen molar-refractivity contribution in [2.45, 2.75) is 32.1 Å². The molecule has 3 rings (SSSR count). The van der Waals surface area contributed by atoms with E-state index in [4.69, 9.17) is 10.8 Å². The van der Waals surface area contributed by atoms with Gasteiger partial charge in [-0.05, 0) is 25.7 Å². The van der Waals surface area contributed by atoms with Gasteiger partial charge < -0.3 is 20.6 Å². The molecule has 1 spiro atoms. The highest BCUT2D eigenvalue weighted by Crippen LogP contribution is 2.40. The van der Waals surface area contributed by atoms with Gasteiger partial charge in [-0.1, -0.05) is 0 Å². The van der Waals surface area contributed by atoms with Crippen molar-refractivity contribution in [3.05, 3.63) is 11.1 Å². The minimum atomic E-state index is -0.436. The number of hydrogen-bond acceptors (Lipinski definition) is 6. The van der Waals surface area contributed by atoms with Crippen LogP contribution in [-0.4, -0.2) is 64.5 Å². The summed E-state index contributed by atoms with van der Waals surface area (Å²) in [6, 6.07) is 0. The van der Waals surface area contributed by atoms with Crippen molar-refractivity contribution in [1.82, 2.24) is 14.8 Å². The number of anilines is 1. The molecule has 3 heterocycles. The van der Waals surface area contributed by atoms with Crippen LogP contribution in [0.1, 0.15) is 31.4 Å². The van der Waals surface area contributed by atoms with Crippen LogP contribution in [-0.2, 0) is 16.0 Å². The number of aromatic nitrogens is 1. The summed E-state index contributed by atoms with van der Waals surface area (Å²) in [7, 11) is 0. The van der Waals surface area contributed by atoms with Gasteiger partial charge in [-0.3, -0.25) is 9.59 Å². The van der Waals surface area contributed by atoms with Crippen molar-refractivity contribution in [3.63, 3.8) is 0 Å². The van der Waals surface area contributed by atoms with Crippen LogP contribution in [0, 0.1) is 5.41 Å². The maximum Gasteiger partial charge on any atom is 0.230 e. The highest BCUT2D eigenvalue weighted by molar-refractivity contribution is 7.13. The number of thiazole rings is 1. The maximum absolute atomic E-state index is 12.7. The number of piperidine rings is 1. The predicted octanol–water partition coefficient (Wildman–Crippen LogP) is 0.491. The number of likely N-dealkylation sites (tertiary alicyclic amines) is 2. The van der Waals surface area contributed by atoms with Crippen LogP contribution in [0.4, 0.5) is 5.13 Å². The zero-order valence-corrected chi connectivity index (χ0v) is 14.6. The lowest BCUT2D eigenvalue weighted by Gasteiger charge is -2.39. The molecule has 1 aromatic rings. The zero-order valence-electron chi connectivity index (χ0n) is 13.7. The monoisotopic (exact) mass is 352 g/mol. The van der Waals surface area contributed by atoms with E-state index in [0.29, 0.717) is 44.2 Å². The van der Waals surface area contributed by atoms with Gasteiger partial charge in [-0.25, -0.2) is 4.98 Å². The van der Waals surface area contributed by atoms with Crippen molar-refractivity contribution in [3.8, 4) is 0 Å². The lowest BCUT2D eigenvalue weighted by Crippen LogP contribution is -2.51. The van der Waals surface area contributed by atoms with Gasteiger partial charge in [0.05, 0.1) is 17.7 Å². The van der Waals surface area contributed by atoms with Crippen LogP contribution in [0.2, 0.25) is 0 Å². The number of carbonyl (C=O) groups is 2. The van der Waals surface area contributed by atoms with Crippen LogP contribution in [0.25, 0.3) is 0 Å². The van der Waals surface area contributed by atoms with Crippen LogP contribution in [0.5, 0.6) is 0 Å². The molecular formula is C16H24N4O3S. The van der Waals surface area contributed by atoms with Gasteiger partial charge in [0.1, 0.15) is 0 Å². The van der Waals surface area contributed by atoms with Gasteiger partial charge in [0, 0.05) is 38.0 Å². The fourth-order valence-electron chi connectivity index (χ4n) is 3.78. The molecule has 7 nitrogen and oxygen atoms in total. The minimum Gasteiger partial charge on any atom is -0.395 e. The number of hydrogen-bond donors (Lipinski definition) is 2. The molecule has 0 radical (unpaired) electrons. The Morgan fingerprint density at radius 3 is 2.96 bits per heavy atom. The predicted molar refractivity (Wildman–Crippen MR) is 91.4 cm³/mol. The summed E-state index contributed by atoms with van der Waals surface area (Å²) in [6.45, 7) is 2.23. The second kappa shape index (κ2) is 7.06. The number of aliphatic hydroxyl groups is 1. The molecule has 0 aliphatic carbocycles. The molecule has 3 N–H and O–H groups in total. The Hall–Kier alpha value is -1.67. The van der Waals surface area contributed by atoms with E-state index in [-0.39, 0.29) is 18.4 Å². The molecule has 2 fully saturated rings. The molecule has 2 aliphatic heterocycles. The first kappa shape index (κ1) is 17.2. The average molecular weight is 352 g/mol. The Kier molecular flexibility index (Phi) is 5.05. The van der Waals surface area contributed by atoms with E-state index in [0.717, 1.165) is 25.0 Å². The molecule has 24 heavy (non-hydrogen) atoms. The second-order valence-electron chi connectivity index (χ2n) is 6.64. The summed E-state index contributed by atoms with van der Waals surface area (Å²) in [4.78, 5) is 33.0. The quantitative estimate of drug-likeness (QED) is 0.803. The van der Waals surface area contributed by atoms with E-state index in [1.165, 1.54) is 11.3 Å². The number of nitrogens with two attached hydrogens (primary N) is 1. The first-order valence-electron chi connectivity index (χ1n) is 8.42. The summed E-state index contributed by atoms with van der Waals surface area (Å²) in [6.07, 6.45) is 3.48. The molecule has 2 aliphatic rings. The second-order valence-corrected chi connectivity index (χ2v) is 7.53. The molecule has 8 heteroatoms. The molecule has 0 aromatic carbocycles. The standard InChI is InChI=1S/C16H24N4O3S/c17-15-18-12(10-24-15)2-3-13(22)20-7-5-16(11-20)4-1-6-19(8-9-21)14(16)23/h10,21H,1-9,11H2,(H2,17,18)/t16-/m0/s1. The van der Waals surface area contributed by atoms with E-state index in [1.807, 2.05) is 10.3 Å². The number of rotatable bonds is 5. The van der Waals surface area contributed by atoms with Crippen LogP contribution >= 0.6 is 11.3 Å². The first-order valence-corrected chi connectivity index (χ1v) is 9.30. The zero-order chi connectivity index (χ0) is 17.2. The highest BCUT2D eigenvalue weighted by atomic mass is 32.1. The number of amides is 2. The Morgan fingerprint density at radius 1 is 1.42 bits per heavy atom. The smallest absolute Gasteiger partial charge is 0.230 e. The lowest BCUT2D eigenvalue weighted by molar-refractivity contribution is -0.146. The summed E-state index contributed by atoms with van der Waals surface area (Å²) >= 11 is 1.38. The lowest BCUT2D eigenvalue weighted by atomic mass is 9.78. The molecule has 1 aromatic heterocycles. The minimum absolute atomic E-state index is 0.0127. The van der Waals surface area contributed by atoms with Crippen molar-refractivity contribution >= 4 is 28.3 Å². The van der Waals surface area contributed by atoms with Crippen LogP contribution in [0.15, 0.2) is 5.38 Å². The molecule has 0 bridgehead atoms. The van der Waals surface area contributed by atoms with E-state index in [1.54, 1.807) is 4.90 Å². The Balaban J connectivity index is 1.57. The largest absolute Gasteiger partial charge is 0.395 e. The molecule has 132 valence electrons. The third-order valence-corrected chi connectivity index (χ3v) is 5.79. The Labute approximate surface area is 145 Å². The topological polar surface area (TPSA) is 99.8 Å². The van der Waals surface area contributed by atoms with Crippen LogP contribution in [0.3, 0.4) is 0 Å². The van der Waals surface area contributed by atoms with E-state index < -0.39 is 5.41 Å². The van der Waals surface area contributed by atoms with Gasteiger partial charge in [0.25, 0.3) is 0 Å². The molecule has 1 atom stereocenters. The van der Waals surface area contributed by atoms with Gasteiger partial charge in [0.15, 0.2) is 5.13 Å². The third kappa shape index (κ3) is 3.39. The van der Waals surface area contributed by atoms with Gasteiger partial charge >= 0.3 is 0 Å². The number of carbonyl (C=O) groups excluding carboxylic acids is 2. The molecule has 2 saturated heterocycles. The third-order valence-electron chi connectivity index (χ3n) is 5.07. The summed E-state index contributed by atoms with van der Waals surface area (Å²) in [5, 5.41) is 11.5. The number of aryl methyl sites for hydroxylation is 1. The van der Waals surface area contributed by atoms with Gasteiger partial charge in [0.2, 0.25) is 11.8 Å². The van der Waals surface area contributed by atoms with Crippen molar-refractivity contribution < 1.29 is 14.7 Å².